The molecule has 2 atom stereocenters. The first-order valence-electron chi connectivity index (χ1n) is 9.01. The number of hydrogen-bond donors (Lipinski definition) is 0. The fourth-order valence-corrected chi connectivity index (χ4v) is 4.71. The molecule has 0 radical (unpaired) electrons. The molecule has 0 unspecified atom stereocenters. The number of nitrogens with zero attached hydrogens (tertiary/aromatic N) is 1. The van der Waals surface area contributed by atoms with E-state index in [4.69, 9.17) is 9.15 Å². The molecule has 1 aliphatic rings. The van der Waals surface area contributed by atoms with Crippen LogP contribution in [0.1, 0.15) is 45.1 Å². The van der Waals surface area contributed by atoms with Crippen LogP contribution >= 0.6 is 11.8 Å². The molecule has 0 spiro atoms. The van der Waals surface area contributed by atoms with E-state index in [1.165, 1.54) is 29.8 Å². The molecular weight excluding hydrogens is 378 g/mol. The van der Waals surface area contributed by atoms with Gasteiger partial charge in [0.25, 0.3) is 0 Å². The second-order valence-corrected chi connectivity index (χ2v) is 8.04. The largest absolute Gasteiger partial charge is 0.466 e. The molecule has 0 saturated carbocycles. The number of rotatable bonds is 5. The smallest absolute Gasteiger partial charge is 0.330 e. The molecule has 6 nitrogen and oxygen atoms in total. The lowest BCUT2D eigenvalue weighted by molar-refractivity contribution is -0.152. The lowest BCUT2D eigenvalue weighted by Gasteiger charge is -2.25. The molecular formula is C21H23NO5S. The molecule has 148 valence electrons. The molecule has 7 heteroatoms. The lowest BCUT2D eigenvalue weighted by Crippen LogP contribution is -2.43. The maximum atomic E-state index is 12.6. The van der Waals surface area contributed by atoms with Crippen LogP contribution < -0.4 is 0 Å². The zero-order valence-electron chi connectivity index (χ0n) is 16.4. The highest BCUT2D eigenvalue weighted by Crippen LogP contribution is 2.41. The molecule has 1 aliphatic heterocycles. The summed E-state index contributed by atoms with van der Waals surface area (Å²) in [5.74, 6) is -0.0779. The SMILES string of the molecule is CC(=O)N1[C@@H](C(=O)OCC(=O)c2cc(C)c(C)cc2C)CS[C@@H]1c1ccco1. The van der Waals surface area contributed by atoms with E-state index in [1.807, 2.05) is 32.9 Å². The Morgan fingerprint density at radius 2 is 1.89 bits per heavy atom. The minimum absolute atomic E-state index is 0.246. The number of amides is 1. The van der Waals surface area contributed by atoms with E-state index >= 15 is 0 Å². The van der Waals surface area contributed by atoms with Crippen molar-refractivity contribution in [3.63, 3.8) is 0 Å². The molecule has 1 fully saturated rings. The Labute approximate surface area is 168 Å². The molecule has 28 heavy (non-hydrogen) atoms. The number of carbonyl (C=O) groups excluding carboxylic acids is 3. The van der Waals surface area contributed by atoms with E-state index in [1.54, 1.807) is 12.1 Å². The van der Waals surface area contributed by atoms with Gasteiger partial charge in [-0.15, -0.1) is 11.8 Å². The van der Waals surface area contributed by atoms with Gasteiger partial charge in [0.15, 0.2) is 6.61 Å². The van der Waals surface area contributed by atoms with Gasteiger partial charge in [0.1, 0.15) is 17.2 Å². The van der Waals surface area contributed by atoms with Crippen molar-refractivity contribution in [3.8, 4) is 0 Å². The Hall–Kier alpha value is -2.54. The number of ether oxygens (including phenoxy) is 1. The van der Waals surface area contributed by atoms with E-state index in [0.717, 1.165) is 16.7 Å². The molecule has 0 bridgehead atoms. The van der Waals surface area contributed by atoms with Gasteiger partial charge in [0, 0.05) is 18.2 Å². The van der Waals surface area contributed by atoms with Crippen molar-refractivity contribution in [3.05, 3.63) is 58.5 Å². The molecule has 2 aromatic rings. The van der Waals surface area contributed by atoms with Crippen LogP contribution in [-0.2, 0) is 14.3 Å². The Morgan fingerprint density at radius 1 is 1.18 bits per heavy atom. The van der Waals surface area contributed by atoms with E-state index in [2.05, 4.69) is 0 Å². The van der Waals surface area contributed by atoms with E-state index < -0.39 is 12.0 Å². The lowest BCUT2D eigenvalue weighted by atomic mass is 9.98. The summed E-state index contributed by atoms with van der Waals surface area (Å²) in [7, 11) is 0. The molecule has 0 aliphatic carbocycles. The van der Waals surface area contributed by atoms with Crippen molar-refractivity contribution in [1.82, 2.24) is 4.90 Å². The summed E-state index contributed by atoms with van der Waals surface area (Å²) < 4.78 is 10.7. The van der Waals surface area contributed by atoms with Gasteiger partial charge in [-0.25, -0.2) is 4.79 Å². The summed E-state index contributed by atoms with van der Waals surface area (Å²) in [6.07, 6.45) is 1.53. The van der Waals surface area contributed by atoms with Crippen LogP contribution in [0.4, 0.5) is 0 Å². The zero-order chi connectivity index (χ0) is 20.4. The predicted octanol–water partition coefficient (Wildman–Crippen LogP) is 3.59. The van der Waals surface area contributed by atoms with Crippen LogP contribution in [0.3, 0.4) is 0 Å². The average molecular weight is 401 g/mol. The van der Waals surface area contributed by atoms with Crippen LogP contribution in [-0.4, -0.2) is 41.0 Å². The highest BCUT2D eigenvalue weighted by atomic mass is 32.2. The standard InChI is InChI=1S/C21H23NO5S/c1-12-8-14(3)16(9-13(12)2)18(24)10-27-21(25)17-11-28-20(22(17)15(4)23)19-6-5-7-26-19/h5-9,17,20H,10-11H2,1-4H3/t17-,20-/m1/s1. The normalized spacial score (nSPS) is 18.9. The van der Waals surface area contributed by atoms with Gasteiger partial charge in [-0.2, -0.15) is 0 Å². The van der Waals surface area contributed by atoms with Crippen molar-refractivity contribution in [2.45, 2.75) is 39.1 Å². The van der Waals surface area contributed by atoms with Crippen molar-refractivity contribution in [2.75, 3.05) is 12.4 Å². The molecule has 1 saturated heterocycles. The molecule has 3 rings (SSSR count). The summed E-state index contributed by atoms with van der Waals surface area (Å²) in [6.45, 7) is 6.85. The number of aryl methyl sites for hydroxylation is 3. The van der Waals surface area contributed by atoms with Gasteiger partial charge < -0.3 is 14.1 Å². The fourth-order valence-electron chi connectivity index (χ4n) is 3.30. The highest BCUT2D eigenvalue weighted by molar-refractivity contribution is 7.99. The van der Waals surface area contributed by atoms with E-state index in [0.29, 0.717) is 17.1 Å². The molecule has 1 amide bonds. The summed E-state index contributed by atoms with van der Waals surface area (Å²) in [5, 5.41) is -0.372. The number of carbonyl (C=O) groups is 3. The Balaban J connectivity index is 1.68. The zero-order valence-corrected chi connectivity index (χ0v) is 17.2. The van der Waals surface area contributed by atoms with Gasteiger partial charge >= 0.3 is 5.97 Å². The summed E-state index contributed by atoms with van der Waals surface area (Å²) >= 11 is 1.44. The van der Waals surface area contributed by atoms with Crippen LogP contribution in [0.5, 0.6) is 0 Å². The monoisotopic (exact) mass is 401 g/mol. The second-order valence-electron chi connectivity index (χ2n) is 6.93. The average Bonchev–Trinajstić information content (AvgIpc) is 3.31. The number of Topliss-reactive ketones (excluding diaryl/α,β-unsaturated/α-hetero) is 1. The van der Waals surface area contributed by atoms with Crippen molar-refractivity contribution < 1.29 is 23.5 Å². The maximum absolute atomic E-state index is 12.6. The van der Waals surface area contributed by atoms with Crippen molar-refractivity contribution in [2.24, 2.45) is 0 Å². The van der Waals surface area contributed by atoms with Crippen LogP contribution in [0, 0.1) is 20.8 Å². The number of furan rings is 1. The number of hydrogen-bond acceptors (Lipinski definition) is 6. The van der Waals surface area contributed by atoms with E-state index in [-0.39, 0.29) is 23.7 Å². The first-order chi connectivity index (χ1) is 13.3. The van der Waals surface area contributed by atoms with Gasteiger partial charge in [0.2, 0.25) is 11.7 Å². The van der Waals surface area contributed by atoms with Gasteiger partial charge in [-0.05, 0) is 55.7 Å². The van der Waals surface area contributed by atoms with E-state index in [9.17, 15) is 14.4 Å². The minimum atomic E-state index is -0.744. The summed E-state index contributed by atoms with van der Waals surface area (Å²) in [6, 6.07) is 6.54. The first-order valence-corrected chi connectivity index (χ1v) is 10.1. The summed E-state index contributed by atoms with van der Waals surface area (Å²) in [4.78, 5) is 38.7. The number of esters is 1. The molecule has 1 aromatic heterocycles. The second kappa shape index (κ2) is 8.22. The van der Waals surface area contributed by atoms with Crippen LogP contribution in [0.25, 0.3) is 0 Å². The first kappa shape index (κ1) is 20.2. The number of ketones is 1. The molecule has 0 N–H and O–H groups in total. The maximum Gasteiger partial charge on any atom is 0.330 e. The Kier molecular flexibility index (Phi) is 5.93. The fraction of sp³-hybridized carbons (Fsp3) is 0.381. The molecule has 1 aromatic carbocycles. The third-order valence-electron chi connectivity index (χ3n) is 4.91. The van der Waals surface area contributed by atoms with Gasteiger partial charge in [0.05, 0.1) is 6.26 Å². The Morgan fingerprint density at radius 3 is 2.54 bits per heavy atom. The predicted molar refractivity (Wildman–Crippen MR) is 106 cm³/mol. The van der Waals surface area contributed by atoms with Gasteiger partial charge in [-0.3, -0.25) is 9.59 Å². The Bertz CT molecular complexity index is 906. The van der Waals surface area contributed by atoms with Crippen molar-refractivity contribution >= 4 is 29.4 Å². The third kappa shape index (κ3) is 3.99. The summed E-state index contributed by atoms with van der Waals surface area (Å²) in [5.41, 5.74) is 3.52. The molecule has 2 heterocycles. The highest BCUT2D eigenvalue weighted by Gasteiger charge is 2.43. The van der Waals surface area contributed by atoms with Crippen LogP contribution in [0.2, 0.25) is 0 Å². The van der Waals surface area contributed by atoms with Gasteiger partial charge in [-0.1, -0.05) is 6.07 Å². The number of benzene rings is 1. The third-order valence-corrected chi connectivity index (χ3v) is 6.19. The minimum Gasteiger partial charge on any atom is -0.466 e. The number of thioether (sulfide) groups is 1. The quantitative estimate of drug-likeness (QED) is 0.563. The topological polar surface area (TPSA) is 76.8 Å². The van der Waals surface area contributed by atoms with Crippen LogP contribution in [0.15, 0.2) is 34.9 Å². The van der Waals surface area contributed by atoms with Crippen molar-refractivity contribution in [1.29, 1.82) is 0 Å².